The molecule has 0 unspecified atom stereocenters. The molecule has 1 aromatic rings. The summed E-state index contributed by atoms with van der Waals surface area (Å²) in [4.78, 5) is 34.1. The van der Waals surface area contributed by atoms with Gasteiger partial charge in [-0.1, -0.05) is 12.8 Å². The van der Waals surface area contributed by atoms with Gasteiger partial charge in [0.25, 0.3) is 5.91 Å². The molecule has 0 bridgehead atoms. The lowest BCUT2D eigenvalue weighted by Gasteiger charge is -2.16. The quantitative estimate of drug-likeness (QED) is 0.482. The van der Waals surface area contributed by atoms with Crippen LogP contribution in [0.2, 0.25) is 0 Å². The molecule has 0 atom stereocenters. The number of sulfonamides is 1. The van der Waals surface area contributed by atoms with Crippen molar-refractivity contribution in [1.82, 2.24) is 14.9 Å². The van der Waals surface area contributed by atoms with Gasteiger partial charge in [0.15, 0.2) is 12.4 Å². The molecule has 1 aliphatic carbocycles. The molecule has 0 spiro atoms. The highest BCUT2D eigenvalue weighted by Gasteiger charge is 2.30. The Labute approximate surface area is 174 Å². The van der Waals surface area contributed by atoms with E-state index in [1.54, 1.807) is 0 Å². The van der Waals surface area contributed by atoms with E-state index in [4.69, 9.17) is 4.74 Å². The number of rotatable bonds is 7. The van der Waals surface area contributed by atoms with Gasteiger partial charge in [-0.2, -0.15) is 4.31 Å². The monoisotopic (exact) mass is 440 g/mol. The van der Waals surface area contributed by atoms with Crippen LogP contribution in [0.15, 0.2) is 23.1 Å². The summed E-state index contributed by atoms with van der Waals surface area (Å²) in [5, 5.41) is 16.2. The molecule has 1 saturated heterocycles. The van der Waals surface area contributed by atoms with Gasteiger partial charge in [-0.05, 0) is 37.8 Å². The van der Waals surface area contributed by atoms with Crippen LogP contribution in [0.1, 0.15) is 38.5 Å². The summed E-state index contributed by atoms with van der Waals surface area (Å²) in [5.74, 6) is -1.03. The van der Waals surface area contributed by atoms with Crippen molar-refractivity contribution < 1.29 is 27.7 Å². The molecule has 1 heterocycles. The summed E-state index contributed by atoms with van der Waals surface area (Å²) >= 11 is 0. The topological polar surface area (TPSA) is 148 Å². The molecule has 11 nitrogen and oxygen atoms in total. The number of ether oxygens (including phenoxy) is 1. The SMILES string of the molecule is O=C(COc1ccc(S(=O)(=O)N2CCCC2)cc1[N+](=O)[O-])NC(=O)NC1CCCC1. The number of benzene rings is 1. The maximum Gasteiger partial charge on any atom is 0.321 e. The summed E-state index contributed by atoms with van der Waals surface area (Å²) in [6.45, 7) is 0.117. The zero-order valence-electron chi connectivity index (χ0n) is 16.3. The lowest BCUT2D eigenvalue weighted by Crippen LogP contribution is -2.45. The molecule has 1 aromatic carbocycles. The highest BCUT2D eigenvalue weighted by Crippen LogP contribution is 2.31. The molecule has 2 aliphatic rings. The second-order valence-corrected chi connectivity index (χ2v) is 9.23. The predicted molar refractivity (Wildman–Crippen MR) is 106 cm³/mol. The Kier molecular flexibility index (Phi) is 6.87. The number of nitro benzene ring substituents is 1. The van der Waals surface area contributed by atoms with Crippen molar-refractivity contribution in [2.24, 2.45) is 0 Å². The first-order chi connectivity index (χ1) is 14.3. The van der Waals surface area contributed by atoms with Crippen LogP contribution in [0, 0.1) is 10.1 Å². The van der Waals surface area contributed by atoms with Crippen LogP contribution in [0.25, 0.3) is 0 Å². The molecule has 0 aromatic heterocycles. The average Bonchev–Trinajstić information content (AvgIpc) is 3.40. The van der Waals surface area contributed by atoms with E-state index in [0.29, 0.717) is 13.1 Å². The highest BCUT2D eigenvalue weighted by molar-refractivity contribution is 7.89. The van der Waals surface area contributed by atoms with Crippen LogP contribution >= 0.6 is 0 Å². The first-order valence-corrected chi connectivity index (χ1v) is 11.2. The standard InChI is InChI=1S/C18H24N4O7S/c23-17(20-18(24)19-13-5-1-2-6-13)12-29-16-8-7-14(11-15(16)22(25)26)30(27,28)21-9-3-4-10-21/h7-8,11,13H,1-6,9-10,12H2,(H2,19,20,23,24). The van der Waals surface area contributed by atoms with Crippen LogP contribution < -0.4 is 15.4 Å². The van der Waals surface area contributed by atoms with Gasteiger partial charge in [-0.25, -0.2) is 13.2 Å². The molecule has 2 N–H and O–H groups in total. The van der Waals surface area contributed by atoms with E-state index in [9.17, 15) is 28.1 Å². The fraction of sp³-hybridized carbons (Fsp3) is 0.556. The number of amides is 3. The number of nitrogens with one attached hydrogen (secondary N) is 2. The maximum absolute atomic E-state index is 12.6. The van der Waals surface area contributed by atoms with Crippen molar-refractivity contribution in [2.75, 3.05) is 19.7 Å². The van der Waals surface area contributed by atoms with Crippen molar-refractivity contribution in [1.29, 1.82) is 0 Å². The average molecular weight is 440 g/mol. The third kappa shape index (κ3) is 5.25. The first-order valence-electron chi connectivity index (χ1n) is 9.79. The van der Waals surface area contributed by atoms with Crippen LogP contribution in [-0.4, -0.2) is 55.3 Å². The van der Waals surface area contributed by atoms with Crippen LogP contribution in [0.3, 0.4) is 0 Å². The number of hydrogen-bond acceptors (Lipinski definition) is 7. The fourth-order valence-electron chi connectivity index (χ4n) is 3.60. The Morgan fingerprint density at radius 1 is 1.17 bits per heavy atom. The van der Waals surface area contributed by atoms with Gasteiger partial charge in [0.1, 0.15) is 0 Å². The Morgan fingerprint density at radius 2 is 1.83 bits per heavy atom. The van der Waals surface area contributed by atoms with E-state index in [2.05, 4.69) is 10.6 Å². The molecule has 164 valence electrons. The summed E-state index contributed by atoms with van der Waals surface area (Å²) in [7, 11) is -3.83. The van der Waals surface area contributed by atoms with Gasteiger partial charge in [0.2, 0.25) is 10.0 Å². The molecule has 3 rings (SSSR count). The summed E-state index contributed by atoms with van der Waals surface area (Å²) in [6.07, 6.45) is 5.25. The molecule has 0 radical (unpaired) electrons. The van der Waals surface area contributed by atoms with Crippen molar-refractivity contribution in [3.8, 4) is 5.75 Å². The second-order valence-electron chi connectivity index (χ2n) is 7.29. The Hall–Kier alpha value is -2.73. The van der Waals surface area contributed by atoms with Crippen LogP contribution in [-0.2, 0) is 14.8 Å². The summed E-state index contributed by atoms with van der Waals surface area (Å²) < 4.78 is 31.7. The van der Waals surface area contributed by atoms with Gasteiger partial charge in [0, 0.05) is 25.2 Å². The lowest BCUT2D eigenvalue weighted by atomic mass is 10.2. The first kappa shape index (κ1) is 22.0. The number of carbonyl (C=O) groups excluding carboxylic acids is 2. The highest BCUT2D eigenvalue weighted by atomic mass is 32.2. The maximum atomic E-state index is 12.6. The van der Waals surface area contributed by atoms with E-state index in [-0.39, 0.29) is 16.7 Å². The van der Waals surface area contributed by atoms with Gasteiger partial charge in [0.05, 0.1) is 9.82 Å². The van der Waals surface area contributed by atoms with E-state index in [1.165, 1.54) is 10.4 Å². The lowest BCUT2D eigenvalue weighted by molar-refractivity contribution is -0.386. The Balaban J connectivity index is 1.63. The van der Waals surface area contributed by atoms with Gasteiger partial charge in [-0.15, -0.1) is 0 Å². The number of hydrogen-bond donors (Lipinski definition) is 2. The van der Waals surface area contributed by atoms with Gasteiger partial charge >= 0.3 is 11.7 Å². The van der Waals surface area contributed by atoms with E-state index in [1.807, 2.05) is 0 Å². The molecule has 1 aliphatic heterocycles. The van der Waals surface area contributed by atoms with Crippen LogP contribution in [0.4, 0.5) is 10.5 Å². The second kappa shape index (κ2) is 9.39. The molecular formula is C18H24N4O7S. The number of nitrogens with zero attached hydrogens (tertiary/aromatic N) is 2. The zero-order chi connectivity index (χ0) is 21.7. The Bertz CT molecular complexity index is 922. The number of urea groups is 1. The zero-order valence-corrected chi connectivity index (χ0v) is 17.2. The van der Waals surface area contributed by atoms with E-state index >= 15 is 0 Å². The van der Waals surface area contributed by atoms with E-state index < -0.39 is 39.2 Å². The third-order valence-electron chi connectivity index (χ3n) is 5.13. The largest absolute Gasteiger partial charge is 0.477 e. The van der Waals surface area contributed by atoms with Crippen molar-refractivity contribution in [2.45, 2.75) is 49.5 Å². The number of carbonyl (C=O) groups is 2. The summed E-state index contributed by atoms with van der Waals surface area (Å²) in [6, 6.07) is 2.67. The minimum atomic E-state index is -3.83. The van der Waals surface area contributed by atoms with Crippen molar-refractivity contribution in [3.63, 3.8) is 0 Å². The van der Waals surface area contributed by atoms with E-state index in [0.717, 1.165) is 50.7 Å². The number of nitro groups is 1. The minimum Gasteiger partial charge on any atom is -0.477 e. The Morgan fingerprint density at radius 3 is 2.47 bits per heavy atom. The smallest absolute Gasteiger partial charge is 0.321 e. The minimum absolute atomic E-state index is 0.0323. The third-order valence-corrected chi connectivity index (χ3v) is 7.03. The van der Waals surface area contributed by atoms with Crippen molar-refractivity contribution in [3.05, 3.63) is 28.3 Å². The predicted octanol–water partition coefficient (Wildman–Crippen LogP) is 1.53. The molecule has 12 heteroatoms. The fourth-order valence-corrected chi connectivity index (χ4v) is 5.14. The van der Waals surface area contributed by atoms with Gasteiger partial charge in [-0.3, -0.25) is 20.2 Å². The number of imide groups is 1. The molecule has 2 fully saturated rings. The molecule has 3 amide bonds. The molecule has 30 heavy (non-hydrogen) atoms. The van der Waals surface area contributed by atoms with Gasteiger partial charge < -0.3 is 10.1 Å². The molecular weight excluding hydrogens is 416 g/mol. The van der Waals surface area contributed by atoms with Crippen molar-refractivity contribution >= 4 is 27.6 Å². The summed E-state index contributed by atoms with van der Waals surface area (Å²) in [5.41, 5.74) is -0.571. The normalized spacial score (nSPS) is 17.6. The molecule has 1 saturated carbocycles. The van der Waals surface area contributed by atoms with Crippen LogP contribution in [0.5, 0.6) is 5.75 Å².